The molecule has 0 aliphatic heterocycles. The van der Waals surface area contributed by atoms with Gasteiger partial charge in [-0.15, -0.1) is 0 Å². The van der Waals surface area contributed by atoms with E-state index in [9.17, 15) is 0 Å². The first-order valence-electron chi connectivity index (χ1n) is 3.90. The smallest absolute Gasteiger partial charge is 0.0379 e. The highest BCUT2D eigenvalue weighted by Gasteiger charge is 1.81. The maximum absolute atomic E-state index is 3.16. The molecule has 0 spiro atoms. The van der Waals surface area contributed by atoms with Crippen LogP contribution in [0.4, 0.5) is 5.69 Å². The normalized spacial score (nSPS) is 10.3. The molecule has 0 saturated heterocycles. The molecule has 1 nitrogen and oxygen atoms in total. The van der Waals surface area contributed by atoms with Crippen molar-refractivity contribution in [3.8, 4) is 0 Å². The number of rotatable bonds is 3. The monoisotopic (exact) mass is 147 g/mol. The van der Waals surface area contributed by atoms with Crippen molar-refractivity contribution in [1.29, 1.82) is 0 Å². The van der Waals surface area contributed by atoms with E-state index in [2.05, 4.69) is 18.3 Å². The molecule has 0 bridgehead atoms. The summed E-state index contributed by atoms with van der Waals surface area (Å²) in [5.41, 5.74) is 1.14. The Kier molecular flexibility index (Phi) is 3.26. The Bertz CT molecular complexity index is 214. The number of anilines is 1. The Morgan fingerprint density at radius 2 is 2.00 bits per heavy atom. The van der Waals surface area contributed by atoms with Crippen LogP contribution in [0, 0.1) is 0 Å². The van der Waals surface area contributed by atoms with Gasteiger partial charge in [0.15, 0.2) is 0 Å². The van der Waals surface area contributed by atoms with Crippen LogP contribution in [0.3, 0.4) is 0 Å². The highest BCUT2D eigenvalue weighted by molar-refractivity contribution is 5.44. The summed E-state index contributed by atoms with van der Waals surface area (Å²) in [4.78, 5) is 0. The summed E-state index contributed by atoms with van der Waals surface area (Å²) in [6.45, 7) is 2.11. The summed E-state index contributed by atoms with van der Waals surface area (Å²) in [6.07, 6.45) is 5.13. The van der Waals surface area contributed by atoms with E-state index in [1.165, 1.54) is 0 Å². The van der Waals surface area contributed by atoms with Crippen LogP contribution in [0.15, 0.2) is 42.6 Å². The lowest BCUT2D eigenvalue weighted by Gasteiger charge is -1.97. The van der Waals surface area contributed by atoms with Crippen LogP contribution in [-0.2, 0) is 0 Å². The molecule has 0 aliphatic rings. The van der Waals surface area contributed by atoms with Crippen molar-refractivity contribution in [2.24, 2.45) is 0 Å². The first-order chi connectivity index (χ1) is 5.43. The Hall–Kier alpha value is -1.24. The van der Waals surface area contributed by atoms with E-state index in [0.717, 1.165) is 12.1 Å². The van der Waals surface area contributed by atoms with Crippen molar-refractivity contribution in [2.75, 3.05) is 5.32 Å². The molecule has 0 fully saturated rings. The van der Waals surface area contributed by atoms with E-state index >= 15 is 0 Å². The second-order valence-corrected chi connectivity index (χ2v) is 2.32. The molecular weight excluding hydrogens is 134 g/mol. The zero-order valence-corrected chi connectivity index (χ0v) is 6.75. The molecule has 0 aromatic heterocycles. The van der Waals surface area contributed by atoms with Crippen LogP contribution in [0.5, 0.6) is 0 Å². The Labute approximate surface area is 67.8 Å². The van der Waals surface area contributed by atoms with Gasteiger partial charge >= 0.3 is 0 Å². The Balaban J connectivity index is 2.45. The molecule has 0 unspecified atom stereocenters. The van der Waals surface area contributed by atoms with Gasteiger partial charge < -0.3 is 5.32 Å². The third kappa shape index (κ3) is 2.89. The summed E-state index contributed by atoms with van der Waals surface area (Å²) >= 11 is 0. The number of benzene rings is 1. The zero-order chi connectivity index (χ0) is 7.94. The summed E-state index contributed by atoms with van der Waals surface area (Å²) in [5.74, 6) is 0. The lowest BCUT2D eigenvalue weighted by molar-refractivity contribution is 1.22. The maximum Gasteiger partial charge on any atom is 0.0379 e. The molecule has 0 aliphatic carbocycles. The molecule has 0 amide bonds. The predicted molar refractivity (Wildman–Crippen MR) is 49.5 cm³/mol. The van der Waals surface area contributed by atoms with E-state index in [0.29, 0.717) is 0 Å². The Morgan fingerprint density at radius 1 is 1.27 bits per heavy atom. The summed E-state index contributed by atoms with van der Waals surface area (Å²) in [7, 11) is 0. The third-order valence-electron chi connectivity index (χ3n) is 1.38. The van der Waals surface area contributed by atoms with E-state index in [4.69, 9.17) is 0 Å². The van der Waals surface area contributed by atoms with Crippen LogP contribution in [-0.4, -0.2) is 0 Å². The maximum atomic E-state index is 3.16. The van der Waals surface area contributed by atoms with Crippen molar-refractivity contribution < 1.29 is 0 Å². The van der Waals surface area contributed by atoms with E-state index in [1.807, 2.05) is 36.5 Å². The van der Waals surface area contributed by atoms with Crippen molar-refractivity contribution in [2.45, 2.75) is 13.3 Å². The molecule has 1 N–H and O–H groups in total. The zero-order valence-electron chi connectivity index (χ0n) is 6.75. The summed E-state index contributed by atoms with van der Waals surface area (Å²) in [6, 6.07) is 10.1. The van der Waals surface area contributed by atoms with Gasteiger partial charge in [0.05, 0.1) is 0 Å². The van der Waals surface area contributed by atoms with Gasteiger partial charge in [0.25, 0.3) is 0 Å². The molecular formula is C10H13N. The highest BCUT2D eigenvalue weighted by atomic mass is 14.8. The van der Waals surface area contributed by atoms with Crippen LogP contribution in [0.2, 0.25) is 0 Å². The second kappa shape index (κ2) is 4.56. The lowest BCUT2D eigenvalue weighted by atomic mass is 10.3. The topological polar surface area (TPSA) is 12.0 Å². The highest BCUT2D eigenvalue weighted by Crippen LogP contribution is 2.04. The van der Waals surface area contributed by atoms with Crippen molar-refractivity contribution in [1.82, 2.24) is 0 Å². The fourth-order valence-electron chi connectivity index (χ4n) is 0.807. The van der Waals surface area contributed by atoms with Gasteiger partial charge in [0.1, 0.15) is 0 Å². The lowest BCUT2D eigenvalue weighted by Crippen LogP contribution is -1.84. The standard InChI is InChI=1S/C10H13N/c1-2-3-9-11-10-7-5-4-6-8-10/h3-9,11H,2H2,1H3. The number of allylic oxidation sites excluding steroid dienone is 1. The van der Waals surface area contributed by atoms with Gasteiger partial charge in [0.2, 0.25) is 0 Å². The molecule has 1 rings (SSSR count). The molecule has 0 radical (unpaired) electrons. The van der Waals surface area contributed by atoms with Gasteiger partial charge in [-0.1, -0.05) is 31.2 Å². The summed E-state index contributed by atoms with van der Waals surface area (Å²) < 4.78 is 0. The first-order valence-corrected chi connectivity index (χ1v) is 3.90. The Morgan fingerprint density at radius 3 is 2.64 bits per heavy atom. The van der Waals surface area contributed by atoms with E-state index in [1.54, 1.807) is 0 Å². The SMILES string of the molecule is CCC=CNc1ccccc1. The largest absolute Gasteiger partial charge is 0.362 e. The number of para-hydroxylation sites is 1. The minimum atomic E-state index is 1.07. The molecule has 0 heterocycles. The van der Waals surface area contributed by atoms with Crippen LogP contribution in [0.25, 0.3) is 0 Å². The molecule has 58 valence electrons. The van der Waals surface area contributed by atoms with Crippen LogP contribution < -0.4 is 5.32 Å². The summed E-state index contributed by atoms with van der Waals surface area (Å²) in [5, 5.41) is 3.16. The average molecular weight is 147 g/mol. The van der Waals surface area contributed by atoms with Gasteiger partial charge in [-0.05, 0) is 24.8 Å². The first kappa shape index (κ1) is 7.86. The molecule has 1 aromatic carbocycles. The minimum absolute atomic E-state index is 1.07. The molecule has 1 heteroatoms. The minimum Gasteiger partial charge on any atom is -0.362 e. The number of nitrogens with one attached hydrogen (secondary N) is 1. The van der Waals surface area contributed by atoms with Crippen LogP contribution in [0.1, 0.15) is 13.3 Å². The number of hydrogen-bond donors (Lipinski definition) is 1. The van der Waals surface area contributed by atoms with Crippen molar-refractivity contribution >= 4 is 5.69 Å². The quantitative estimate of drug-likeness (QED) is 0.693. The molecule has 11 heavy (non-hydrogen) atoms. The predicted octanol–water partition coefficient (Wildman–Crippen LogP) is 3.02. The van der Waals surface area contributed by atoms with E-state index in [-0.39, 0.29) is 0 Å². The van der Waals surface area contributed by atoms with Crippen molar-refractivity contribution in [3.05, 3.63) is 42.6 Å². The third-order valence-corrected chi connectivity index (χ3v) is 1.38. The average Bonchev–Trinajstić information content (AvgIpc) is 2.07. The van der Waals surface area contributed by atoms with Gasteiger partial charge in [0, 0.05) is 5.69 Å². The van der Waals surface area contributed by atoms with Crippen molar-refractivity contribution in [3.63, 3.8) is 0 Å². The second-order valence-electron chi connectivity index (χ2n) is 2.32. The fraction of sp³-hybridized carbons (Fsp3) is 0.200. The van der Waals surface area contributed by atoms with Gasteiger partial charge in [-0.25, -0.2) is 0 Å². The number of hydrogen-bond acceptors (Lipinski definition) is 1. The van der Waals surface area contributed by atoms with Crippen LogP contribution >= 0.6 is 0 Å². The fourth-order valence-corrected chi connectivity index (χ4v) is 0.807. The molecule has 0 saturated carbocycles. The molecule has 1 aromatic rings. The van der Waals surface area contributed by atoms with E-state index < -0.39 is 0 Å². The van der Waals surface area contributed by atoms with Gasteiger partial charge in [-0.2, -0.15) is 0 Å². The van der Waals surface area contributed by atoms with Gasteiger partial charge in [-0.3, -0.25) is 0 Å². The molecule has 0 atom stereocenters.